The van der Waals surface area contributed by atoms with Crippen LogP contribution < -0.4 is 5.32 Å². The van der Waals surface area contributed by atoms with Gasteiger partial charge >= 0.3 is 0 Å². The first-order valence-corrected chi connectivity index (χ1v) is 6.51. The van der Waals surface area contributed by atoms with Gasteiger partial charge in [0.05, 0.1) is 0 Å². The number of alkyl halides is 1. The maximum atomic E-state index is 13.4. The van der Waals surface area contributed by atoms with Gasteiger partial charge in [-0.1, -0.05) is 49.1 Å². The predicted octanol–water partition coefficient (Wildman–Crippen LogP) is 4.29. The number of hydrogen-bond donors (Lipinski definition) is 1. The highest BCUT2D eigenvalue weighted by Gasteiger charge is 2.38. The molecule has 1 atom stereocenters. The normalized spacial score (nSPS) is 20.6. The van der Waals surface area contributed by atoms with Gasteiger partial charge in [-0.15, -0.1) is 0 Å². The maximum absolute atomic E-state index is 13.4. The van der Waals surface area contributed by atoms with E-state index in [0.717, 1.165) is 23.4 Å². The summed E-state index contributed by atoms with van der Waals surface area (Å²) in [7, 11) is 0. The molecule has 2 rings (SSSR count). The fourth-order valence-corrected chi connectivity index (χ4v) is 2.03. The van der Waals surface area contributed by atoms with E-state index in [-0.39, 0.29) is 0 Å². The van der Waals surface area contributed by atoms with Crippen LogP contribution in [0.25, 0.3) is 0 Å². The van der Waals surface area contributed by atoms with Crippen LogP contribution in [0.5, 0.6) is 0 Å². The summed E-state index contributed by atoms with van der Waals surface area (Å²) in [6.07, 6.45) is 2.98. The van der Waals surface area contributed by atoms with Crippen molar-refractivity contribution in [2.75, 3.05) is 0 Å². The average Bonchev–Trinajstić information content (AvgIpc) is 2.95. The molecule has 0 heterocycles. The summed E-state index contributed by atoms with van der Waals surface area (Å²) >= 11 is 0. The van der Waals surface area contributed by atoms with E-state index in [2.05, 4.69) is 30.6 Å². The van der Waals surface area contributed by atoms with Crippen LogP contribution in [-0.4, -0.2) is 5.67 Å². The van der Waals surface area contributed by atoms with Gasteiger partial charge in [-0.25, -0.2) is 4.39 Å². The summed E-state index contributed by atoms with van der Waals surface area (Å²) in [5, 5.41) is 3.28. The standard InChI is InChI=1S/C17H20FN/c1-13(10-16-11-17(16,3)18)9-14(2)19-12-15-7-5-4-6-8-15/h4-8,11,19H,1-2,9-10,12H2,3H3. The van der Waals surface area contributed by atoms with Gasteiger partial charge in [0, 0.05) is 18.7 Å². The first-order valence-electron chi connectivity index (χ1n) is 6.51. The van der Waals surface area contributed by atoms with Gasteiger partial charge in [-0.2, -0.15) is 0 Å². The quantitative estimate of drug-likeness (QED) is 0.718. The van der Waals surface area contributed by atoms with Gasteiger partial charge in [0.25, 0.3) is 0 Å². The second kappa shape index (κ2) is 5.43. The largest absolute Gasteiger partial charge is 0.384 e. The molecule has 1 aliphatic carbocycles. The summed E-state index contributed by atoms with van der Waals surface area (Å²) in [5.74, 6) is 0. The Balaban J connectivity index is 1.70. The molecular weight excluding hydrogens is 237 g/mol. The molecular formula is C17H20FN. The molecule has 1 aliphatic rings. The summed E-state index contributed by atoms with van der Waals surface area (Å²) in [6.45, 7) is 10.3. The molecule has 0 spiro atoms. The lowest BCUT2D eigenvalue weighted by Gasteiger charge is -2.11. The number of halogens is 1. The van der Waals surface area contributed by atoms with E-state index < -0.39 is 5.67 Å². The van der Waals surface area contributed by atoms with Crippen molar-refractivity contribution < 1.29 is 4.39 Å². The molecule has 19 heavy (non-hydrogen) atoms. The fraction of sp³-hybridized carbons (Fsp3) is 0.294. The lowest BCUT2D eigenvalue weighted by Crippen LogP contribution is -2.12. The third-order valence-electron chi connectivity index (χ3n) is 3.28. The predicted molar refractivity (Wildman–Crippen MR) is 78.4 cm³/mol. The van der Waals surface area contributed by atoms with Crippen LogP contribution in [0, 0.1) is 0 Å². The monoisotopic (exact) mass is 257 g/mol. The Bertz CT molecular complexity index is 511. The van der Waals surface area contributed by atoms with E-state index in [1.54, 1.807) is 13.0 Å². The van der Waals surface area contributed by atoms with Crippen LogP contribution in [0.4, 0.5) is 4.39 Å². The summed E-state index contributed by atoms with van der Waals surface area (Å²) in [5.41, 5.74) is 2.82. The highest BCUT2D eigenvalue weighted by molar-refractivity contribution is 5.43. The summed E-state index contributed by atoms with van der Waals surface area (Å²) < 4.78 is 13.4. The molecule has 0 fully saturated rings. The molecule has 100 valence electrons. The van der Waals surface area contributed by atoms with Crippen LogP contribution in [0.1, 0.15) is 25.3 Å². The summed E-state index contributed by atoms with van der Waals surface area (Å²) in [6, 6.07) is 10.2. The van der Waals surface area contributed by atoms with Gasteiger partial charge in [-0.3, -0.25) is 0 Å². The molecule has 1 unspecified atom stereocenters. The Morgan fingerprint density at radius 3 is 2.47 bits per heavy atom. The average molecular weight is 257 g/mol. The van der Waals surface area contributed by atoms with Gasteiger partial charge in [0.15, 0.2) is 0 Å². The van der Waals surface area contributed by atoms with Gasteiger partial charge in [0.2, 0.25) is 0 Å². The second-order valence-corrected chi connectivity index (χ2v) is 5.29. The van der Waals surface area contributed by atoms with E-state index in [1.165, 1.54) is 5.56 Å². The third kappa shape index (κ3) is 4.09. The van der Waals surface area contributed by atoms with Crippen LogP contribution >= 0.6 is 0 Å². The maximum Gasteiger partial charge on any atom is 0.148 e. The molecule has 0 amide bonds. The molecule has 0 saturated heterocycles. The van der Waals surface area contributed by atoms with E-state index >= 15 is 0 Å². The lowest BCUT2D eigenvalue weighted by molar-refractivity contribution is 0.361. The molecule has 2 heteroatoms. The SMILES string of the molecule is C=C(CC(=C)NCc1ccccc1)CC1=CC1(C)F. The molecule has 0 radical (unpaired) electrons. The zero-order valence-electron chi connectivity index (χ0n) is 11.4. The smallest absolute Gasteiger partial charge is 0.148 e. The van der Waals surface area contributed by atoms with Gasteiger partial charge < -0.3 is 5.32 Å². The zero-order chi connectivity index (χ0) is 13.9. The van der Waals surface area contributed by atoms with Crippen molar-refractivity contribution in [2.45, 2.75) is 32.0 Å². The van der Waals surface area contributed by atoms with Crippen molar-refractivity contribution in [3.8, 4) is 0 Å². The second-order valence-electron chi connectivity index (χ2n) is 5.29. The highest BCUT2D eigenvalue weighted by Crippen LogP contribution is 2.42. The Kier molecular flexibility index (Phi) is 3.89. The molecule has 0 bridgehead atoms. The number of hydrogen-bond acceptors (Lipinski definition) is 1. The molecule has 0 saturated carbocycles. The van der Waals surface area contributed by atoms with Crippen molar-refractivity contribution >= 4 is 0 Å². The highest BCUT2D eigenvalue weighted by atomic mass is 19.1. The number of allylic oxidation sites excluding steroid dienone is 3. The minimum Gasteiger partial charge on any atom is -0.384 e. The van der Waals surface area contributed by atoms with Gasteiger partial charge in [-0.05, 0) is 30.6 Å². The minimum absolute atomic E-state index is 0.638. The van der Waals surface area contributed by atoms with E-state index in [4.69, 9.17) is 0 Å². The summed E-state index contributed by atoms with van der Waals surface area (Å²) in [4.78, 5) is 0. The third-order valence-corrected chi connectivity index (χ3v) is 3.28. The van der Waals surface area contributed by atoms with E-state index in [9.17, 15) is 4.39 Å². The number of benzene rings is 1. The van der Waals surface area contributed by atoms with Crippen molar-refractivity contribution in [1.29, 1.82) is 0 Å². The lowest BCUT2D eigenvalue weighted by atomic mass is 10.1. The fourth-order valence-electron chi connectivity index (χ4n) is 2.03. The van der Waals surface area contributed by atoms with Crippen LogP contribution in [0.3, 0.4) is 0 Å². The molecule has 1 aromatic rings. The Hall–Kier alpha value is -1.83. The van der Waals surface area contributed by atoms with E-state index in [1.807, 2.05) is 18.2 Å². The molecule has 1 aromatic carbocycles. The van der Waals surface area contributed by atoms with Crippen LogP contribution in [0.15, 0.2) is 66.4 Å². The van der Waals surface area contributed by atoms with Crippen molar-refractivity contribution in [2.24, 2.45) is 0 Å². The first-order chi connectivity index (χ1) is 8.97. The Morgan fingerprint density at radius 2 is 1.89 bits per heavy atom. The molecule has 0 aliphatic heterocycles. The Labute approximate surface area is 114 Å². The minimum atomic E-state index is -1.16. The van der Waals surface area contributed by atoms with Crippen LogP contribution in [-0.2, 0) is 6.54 Å². The molecule has 0 aromatic heterocycles. The van der Waals surface area contributed by atoms with Crippen molar-refractivity contribution in [1.82, 2.24) is 5.32 Å². The Morgan fingerprint density at radius 1 is 1.26 bits per heavy atom. The molecule has 1 nitrogen and oxygen atoms in total. The first kappa shape index (κ1) is 13.6. The number of nitrogens with one attached hydrogen (secondary N) is 1. The number of rotatable bonds is 7. The molecule has 1 N–H and O–H groups in total. The van der Waals surface area contributed by atoms with E-state index in [0.29, 0.717) is 12.8 Å². The van der Waals surface area contributed by atoms with Crippen molar-refractivity contribution in [3.05, 3.63) is 72.0 Å². The van der Waals surface area contributed by atoms with Crippen LogP contribution in [0.2, 0.25) is 0 Å². The zero-order valence-corrected chi connectivity index (χ0v) is 11.4. The van der Waals surface area contributed by atoms with Gasteiger partial charge in [0.1, 0.15) is 5.67 Å². The van der Waals surface area contributed by atoms with Crippen molar-refractivity contribution in [3.63, 3.8) is 0 Å². The topological polar surface area (TPSA) is 12.0 Å².